The number of carbonyl (C=O) groups is 1. The quantitative estimate of drug-likeness (QED) is 0.599. The molecule has 0 saturated heterocycles. The summed E-state index contributed by atoms with van der Waals surface area (Å²) in [4.78, 5) is 13.2. The molecular weight excluding hydrogens is 362 g/mol. The molecule has 3 rings (SSSR count). The third-order valence-electron chi connectivity index (χ3n) is 5.80. The van der Waals surface area contributed by atoms with Crippen molar-refractivity contribution < 1.29 is 15.0 Å². The van der Waals surface area contributed by atoms with Crippen LogP contribution in [0.15, 0.2) is 66.2 Å². The summed E-state index contributed by atoms with van der Waals surface area (Å²) < 4.78 is 0. The Labute approximate surface area is 173 Å². The summed E-state index contributed by atoms with van der Waals surface area (Å²) in [7, 11) is 0. The van der Waals surface area contributed by atoms with Crippen LogP contribution in [0.2, 0.25) is 0 Å². The minimum Gasteiger partial charge on any atom is -0.393 e. The number of benzene rings is 2. The Kier molecular flexibility index (Phi) is 7.24. The number of carbonyl (C=O) groups excluding carboxylic acids is 1. The van der Waals surface area contributed by atoms with Crippen molar-refractivity contribution in [1.82, 2.24) is 5.32 Å². The summed E-state index contributed by atoms with van der Waals surface area (Å²) in [6.45, 7) is 3.94. The van der Waals surface area contributed by atoms with E-state index < -0.39 is 18.2 Å². The molecule has 4 heteroatoms. The lowest BCUT2D eigenvalue weighted by atomic mass is 9.90. The van der Waals surface area contributed by atoms with Gasteiger partial charge in [-0.2, -0.15) is 0 Å². The zero-order valence-corrected chi connectivity index (χ0v) is 17.2. The van der Waals surface area contributed by atoms with E-state index >= 15 is 0 Å². The smallest absolute Gasteiger partial charge is 0.224 e. The van der Waals surface area contributed by atoms with Crippen molar-refractivity contribution in [3.63, 3.8) is 0 Å². The van der Waals surface area contributed by atoms with Crippen LogP contribution in [0.1, 0.15) is 49.4 Å². The highest BCUT2D eigenvalue weighted by atomic mass is 16.3. The van der Waals surface area contributed by atoms with Crippen molar-refractivity contribution in [1.29, 1.82) is 0 Å². The molecular formula is C25H31NO3. The maximum absolute atomic E-state index is 13.2. The zero-order valence-electron chi connectivity index (χ0n) is 17.2. The molecule has 3 N–H and O–H groups in total. The molecule has 0 heterocycles. The van der Waals surface area contributed by atoms with Gasteiger partial charge in [0.25, 0.3) is 0 Å². The standard InChI is InChI=1S/C25H31NO3/c1-3-17(2)13-21(27)15-20(14-18-9-5-4-6-10-18)25(29)26-24-22-12-8-7-11-19(22)16-23(24)28/h3-12,20-21,23-24,27-28H,13-16H2,1-2H3,(H,26,29)/b17-3+/t20-,21-,23-,24+/m1/s1. The minimum absolute atomic E-state index is 0.119. The van der Waals surface area contributed by atoms with Gasteiger partial charge in [-0.05, 0) is 49.8 Å². The van der Waals surface area contributed by atoms with Crippen molar-refractivity contribution >= 4 is 5.91 Å². The van der Waals surface area contributed by atoms with Gasteiger partial charge in [0.1, 0.15) is 0 Å². The Hall–Kier alpha value is -2.43. The Balaban J connectivity index is 1.74. The predicted octanol–water partition coefficient (Wildman–Crippen LogP) is 3.73. The molecule has 154 valence electrons. The molecule has 0 saturated carbocycles. The van der Waals surface area contributed by atoms with Gasteiger partial charge in [0.2, 0.25) is 5.91 Å². The first kappa shape index (κ1) is 21.3. The summed E-state index contributed by atoms with van der Waals surface area (Å²) >= 11 is 0. The second-order valence-electron chi connectivity index (χ2n) is 8.07. The zero-order chi connectivity index (χ0) is 20.8. The first-order valence-corrected chi connectivity index (χ1v) is 10.4. The number of nitrogens with one attached hydrogen (secondary N) is 1. The van der Waals surface area contributed by atoms with Gasteiger partial charge in [0, 0.05) is 12.3 Å². The van der Waals surface area contributed by atoms with E-state index in [0.717, 1.165) is 22.3 Å². The van der Waals surface area contributed by atoms with Crippen LogP contribution < -0.4 is 5.32 Å². The first-order chi connectivity index (χ1) is 14.0. The van der Waals surface area contributed by atoms with Gasteiger partial charge in [-0.25, -0.2) is 0 Å². The molecule has 1 aliphatic rings. The van der Waals surface area contributed by atoms with Gasteiger partial charge in [-0.1, -0.05) is 66.2 Å². The Bertz CT molecular complexity index is 846. The van der Waals surface area contributed by atoms with E-state index in [-0.39, 0.29) is 11.8 Å². The maximum atomic E-state index is 13.2. The summed E-state index contributed by atoms with van der Waals surface area (Å²) in [5.41, 5.74) is 4.23. The molecule has 1 aliphatic carbocycles. The summed E-state index contributed by atoms with van der Waals surface area (Å²) in [5, 5.41) is 24.1. The van der Waals surface area contributed by atoms with Crippen LogP contribution in [0, 0.1) is 5.92 Å². The number of allylic oxidation sites excluding steroid dienone is 1. The second-order valence-corrected chi connectivity index (χ2v) is 8.07. The molecule has 0 aliphatic heterocycles. The molecule has 0 unspecified atom stereocenters. The monoisotopic (exact) mass is 393 g/mol. The number of aliphatic hydroxyl groups excluding tert-OH is 2. The number of hydrogen-bond donors (Lipinski definition) is 3. The molecule has 0 radical (unpaired) electrons. The highest BCUT2D eigenvalue weighted by molar-refractivity contribution is 5.79. The highest BCUT2D eigenvalue weighted by Gasteiger charge is 2.34. The third-order valence-corrected chi connectivity index (χ3v) is 5.80. The van der Waals surface area contributed by atoms with Crippen molar-refractivity contribution in [2.45, 2.75) is 57.8 Å². The van der Waals surface area contributed by atoms with Crippen LogP contribution >= 0.6 is 0 Å². The fourth-order valence-corrected chi connectivity index (χ4v) is 4.10. The van der Waals surface area contributed by atoms with E-state index in [1.54, 1.807) is 0 Å². The summed E-state index contributed by atoms with van der Waals surface area (Å²) in [6, 6.07) is 17.3. The number of fused-ring (bicyclic) bond motifs is 1. The van der Waals surface area contributed by atoms with Gasteiger partial charge in [0.15, 0.2) is 0 Å². The largest absolute Gasteiger partial charge is 0.393 e. The average Bonchev–Trinajstić information content (AvgIpc) is 3.03. The number of rotatable bonds is 8. The van der Waals surface area contributed by atoms with Gasteiger partial charge in [-0.15, -0.1) is 0 Å². The fraction of sp³-hybridized carbons (Fsp3) is 0.400. The van der Waals surface area contributed by atoms with E-state index in [0.29, 0.717) is 25.7 Å². The molecule has 4 atom stereocenters. The Morgan fingerprint density at radius 2 is 1.86 bits per heavy atom. The van der Waals surface area contributed by atoms with Crippen molar-refractivity contribution in [2.24, 2.45) is 5.92 Å². The minimum atomic E-state index is -0.621. The lowest BCUT2D eigenvalue weighted by Crippen LogP contribution is -2.39. The number of aliphatic hydroxyl groups is 2. The van der Waals surface area contributed by atoms with Crippen molar-refractivity contribution in [2.75, 3.05) is 0 Å². The van der Waals surface area contributed by atoms with Crippen LogP contribution in [0.5, 0.6) is 0 Å². The van der Waals surface area contributed by atoms with Gasteiger partial charge < -0.3 is 15.5 Å². The van der Waals surface area contributed by atoms with E-state index in [1.807, 2.05) is 74.5 Å². The molecule has 2 aromatic carbocycles. The molecule has 0 fully saturated rings. The molecule has 0 aromatic heterocycles. The third kappa shape index (κ3) is 5.55. The second kappa shape index (κ2) is 9.86. The first-order valence-electron chi connectivity index (χ1n) is 10.4. The van der Waals surface area contributed by atoms with Crippen molar-refractivity contribution in [3.8, 4) is 0 Å². The Morgan fingerprint density at radius 1 is 1.17 bits per heavy atom. The van der Waals surface area contributed by atoms with E-state index in [4.69, 9.17) is 0 Å². The van der Waals surface area contributed by atoms with E-state index in [1.165, 1.54) is 0 Å². The van der Waals surface area contributed by atoms with Crippen LogP contribution in [0.25, 0.3) is 0 Å². The Morgan fingerprint density at radius 3 is 2.59 bits per heavy atom. The van der Waals surface area contributed by atoms with Crippen LogP contribution in [-0.2, 0) is 17.6 Å². The van der Waals surface area contributed by atoms with Crippen LogP contribution in [0.4, 0.5) is 0 Å². The van der Waals surface area contributed by atoms with E-state index in [2.05, 4.69) is 5.32 Å². The molecule has 29 heavy (non-hydrogen) atoms. The molecule has 1 amide bonds. The highest BCUT2D eigenvalue weighted by Crippen LogP contribution is 2.32. The maximum Gasteiger partial charge on any atom is 0.224 e. The SMILES string of the molecule is C/C=C(\C)C[C@@H](O)C[C@@H](Cc1ccccc1)C(=O)N[C@H]1c2ccccc2C[C@H]1O. The summed E-state index contributed by atoms with van der Waals surface area (Å²) in [6.07, 6.45) is 2.84. The number of amides is 1. The molecule has 0 spiro atoms. The topological polar surface area (TPSA) is 69.6 Å². The van der Waals surface area contributed by atoms with Crippen molar-refractivity contribution in [3.05, 3.63) is 82.9 Å². The lowest BCUT2D eigenvalue weighted by Gasteiger charge is -2.24. The fourth-order valence-electron chi connectivity index (χ4n) is 4.10. The predicted molar refractivity (Wildman–Crippen MR) is 115 cm³/mol. The van der Waals surface area contributed by atoms with Crippen LogP contribution in [-0.4, -0.2) is 28.3 Å². The normalized spacial score (nSPS) is 20.8. The summed E-state index contributed by atoms with van der Waals surface area (Å²) in [5.74, 6) is -0.483. The average molecular weight is 394 g/mol. The molecule has 4 nitrogen and oxygen atoms in total. The van der Waals surface area contributed by atoms with Gasteiger partial charge in [-0.3, -0.25) is 4.79 Å². The molecule has 2 aromatic rings. The van der Waals surface area contributed by atoms with Gasteiger partial charge >= 0.3 is 0 Å². The van der Waals surface area contributed by atoms with E-state index in [9.17, 15) is 15.0 Å². The lowest BCUT2D eigenvalue weighted by molar-refractivity contribution is -0.127. The molecule has 0 bridgehead atoms. The van der Waals surface area contributed by atoms with Crippen LogP contribution in [0.3, 0.4) is 0 Å². The van der Waals surface area contributed by atoms with Gasteiger partial charge in [0.05, 0.1) is 18.2 Å². The number of hydrogen-bond acceptors (Lipinski definition) is 3.